The summed E-state index contributed by atoms with van der Waals surface area (Å²) in [5.74, 6) is -0.123. The Morgan fingerprint density at radius 3 is 1.67 bits per heavy atom. The summed E-state index contributed by atoms with van der Waals surface area (Å²) in [5.41, 5.74) is 3.70. The summed E-state index contributed by atoms with van der Waals surface area (Å²) in [6, 6.07) is 31.2. The first-order chi connectivity index (χ1) is 23.4. The molecule has 0 aliphatic carbocycles. The van der Waals surface area contributed by atoms with Crippen LogP contribution >= 0.6 is 55.1 Å². The van der Waals surface area contributed by atoms with Crippen LogP contribution in [0.4, 0.5) is 5.69 Å². The number of hydrogen-bond acceptors (Lipinski definition) is 7. The van der Waals surface area contributed by atoms with Crippen LogP contribution in [-0.2, 0) is 17.9 Å². The highest BCUT2D eigenvalue weighted by Crippen LogP contribution is 2.19. The largest absolute Gasteiger partial charge is 0.326 e. The summed E-state index contributed by atoms with van der Waals surface area (Å²) < 4.78 is 4.09. The Kier molecular flexibility index (Phi) is 13.8. The van der Waals surface area contributed by atoms with E-state index in [1.165, 1.54) is 34.5 Å². The van der Waals surface area contributed by atoms with Gasteiger partial charge in [-0.3, -0.25) is 19.2 Å². The Bertz CT molecular complexity index is 2170. The number of amides is 1. The highest BCUT2D eigenvalue weighted by molar-refractivity contribution is 9.10. The molecule has 1 amide bonds. The Hall–Kier alpha value is -4.69. The molecular weight excluding hydrogens is 801 g/mol. The number of H-pyrrole nitrogens is 1. The maximum Gasteiger partial charge on any atom is 0.267 e. The van der Waals surface area contributed by atoms with Gasteiger partial charge in [0.05, 0.1) is 18.8 Å². The monoisotopic (exact) mass is 825 g/mol. The van der Waals surface area contributed by atoms with Crippen molar-refractivity contribution >= 4 is 66.7 Å². The van der Waals surface area contributed by atoms with E-state index in [0.29, 0.717) is 43.7 Å². The number of rotatable bonds is 6. The van der Waals surface area contributed by atoms with Crippen molar-refractivity contribution in [2.24, 2.45) is 0 Å². The molecular formula is C34H27Br2Cl2N7O4. The molecule has 0 fully saturated rings. The minimum absolute atomic E-state index is 0.123. The zero-order valence-electron chi connectivity index (χ0n) is 25.7. The van der Waals surface area contributed by atoms with Gasteiger partial charge in [-0.1, -0.05) is 59.6 Å². The van der Waals surface area contributed by atoms with Crippen LogP contribution in [0.15, 0.2) is 133 Å². The van der Waals surface area contributed by atoms with Gasteiger partial charge in [-0.15, -0.1) is 0 Å². The Morgan fingerprint density at radius 2 is 1.18 bits per heavy atom. The zero-order valence-corrected chi connectivity index (χ0v) is 30.4. The van der Waals surface area contributed by atoms with Crippen molar-refractivity contribution in [1.82, 2.24) is 29.8 Å². The molecule has 6 rings (SSSR count). The topological polar surface area (TPSA) is 145 Å². The van der Waals surface area contributed by atoms with E-state index in [9.17, 15) is 19.2 Å². The lowest BCUT2D eigenvalue weighted by Gasteiger charge is -2.08. The van der Waals surface area contributed by atoms with E-state index in [1.54, 1.807) is 54.6 Å². The SMILES string of the molecule is CC(=O)Nc1ccc(-c2ccc(=O)n(Cc3ccc(Cl)cc3)n2)cc1.O=c1ccc(Br)n[nH]1.O=c1ccc(Br)nn1Cc1ccc(Cl)cc1. The summed E-state index contributed by atoms with van der Waals surface area (Å²) >= 11 is 18.0. The van der Waals surface area contributed by atoms with Crippen LogP contribution in [0.5, 0.6) is 0 Å². The minimum Gasteiger partial charge on any atom is -0.326 e. The molecule has 0 saturated heterocycles. The first-order valence-electron chi connectivity index (χ1n) is 14.3. The molecule has 250 valence electrons. The summed E-state index contributed by atoms with van der Waals surface area (Å²) in [5, 5.41) is 18.4. The number of aromatic amines is 1. The molecule has 49 heavy (non-hydrogen) atoms. The van der Waals surface area contributed by atoms with Gasteiger partial charge in [0.25, 0.3) is 16.7 Å². The molecule has 0 spiro atoms. The number of carbonyl (C=O) groups is 1. The van der Waals surface area contributed by atoms with E-state index in [0.717, 1.165) is 16.7 Å². The lowest BCUT2D eigenvalue weighted by molar-refractivity contribution is -0.114. The molecule has 0 radical (unpaired) electrons. The van der Waals surface area contributed by atoms with Crippen LogP contribution in [0.25, 0.3) is 11.3 Å². The van der Waals surface area contributed by atoms with Crippen LogP contribution in [0.2, 0.25) is 10.0 Å². The number of aromatic nitrogens is 6. The molecule has 0 aliphatic heterocycles. The van der Waals surface area contributed by atoms with Crippen molar-refractivity contribution < 1.29 is 4.79 Å². The lowest BCUT2D eigenvalue weighted by Crippen LogP contribution is -2.22. The van der Waals surface area contributed by atoms with Gasteiger partial charge in [-0.25, -0.2) is 14.5 Å². The minimum atomic E-state index is -0.187. The van der Waals surface area contributed by atoms with Gasteiger partial charge in [0, 0.05) is 46.4 Å². The third-order valence-electron chi connectivity index (χ3n) is 6.34. The number of nitrogens with one attached hydrogen (secondary N) is 2. The van der Waals surface area contributed by atoms with Crippen molar-refractivity contribution in [2.45, 2.75) is 20.0 Å². The van der Waals surface area contributed by atoms with Gasteiger partial charge in [0.1, 0.15) is 9.21 Å². The van der Waals surface area contributed by atoms with Gasteiger partial charge >= 0.3 is 0 Å². The quantitative estimate of drug-likeness (QED) is 0.188. The van der Waals surface area contributed by atoms with Crippen molar-refractivity contribution in [3.8, 4) is 11.3 Å². The molecule has 3 heterocycles. The Labute approximate surface area is 306 Å². The third kappa shape index (κ3) is 12.4. The molecule has 6 aromatic rings. The van der Waals surface area contributed by atoms with Gasteiger partial charge in [0.2, 0.25) is 5.91 Å². The molecule has 2 N–H and O–H groups in total. The molecule has 3 aromatic carbocycles. The number of hydrogen-bond donors (Lipinski definition) is 2. The zero-order chi connectivity index (χ0) is 35.3. The third-order valence-corrected chi connectivity index (χ3v) is 7.71. The standard InChI is InChI=1S/C19H16ClN3O2.C11H8BrClN2O.C4H3BrN2O/c1-13(24)21-17-8-4-15(5-9-17)18-10-11-19(25)23(22-18)12-14-2-6-16(20)7-3-14;12-10-5-6-11(16)15(14-10)7-8-1-3-9(13)4-2-8;5-3-1-2-4(8)7-6-3/h2-11H,12H2,1H3,(H,21,24);1-6H,7H2;1-2H,(H,7,8). The fourth-order valence-corrected chi connectivity index (χ4v) is 4.83. The average Bonchev–Trinajstić information content (AvgIpc) is 3.08. The molecule has 3 aromatic heterocycles. The van der Waals surface area contributed by atoms with E-state index >= 15 is 0 Å². The average molecular weight is 828 g/mol. The molecule has 0 atom stereocenters. The molecule has 0 bridgehead atoms. The smallest absolute Gasteiger partial charge is 0.267 e. The van der Waals surface area contributed by atoms with Crippen LogP contribution in [0.1, 0.15) is 18.1 Å². The van der Waals surface area contributed by atoms with Crippen molar-refractivity contribution in [2.75, 3.05) is 5.32 Å². The summed E-state index contributed by atoms with van der Waals surface area (Å²) in [7, 11) is 0. The summed E-state index contributed by atoms with van der Waals surface area (Å²) in [4.78, 5) is 44.9. The predicted molar refractivity (Wildman–Crippen MR) is 198 cm³/mol. The maximum absolute atomic E-state index is 12.1. The van der Waals surface area contributed by atoms with Crippen LogP contribution in [0.3, 0.4) is 0 Å². The fraction of sp³-hybridized carbons (Fsp3) is 0.0882. The van der Waals surface area contributed by atoms with Gasteiger partial charge < -0.3 is 5.32 Å². The van der Waals surface area contributed by atoms with Crippen molar-refractivity contribution in [3.63, 3.8) is 0 Å². The fourth-order valence-electron chi connectivity index (χ4n) is 4.03. The number of nitrogens with zero attached hydrogens (tertiary/aromatic N) is 5. The van der Waals surface area contributed by atoms with E-state index in [2.05, 4.69) is 57.6 Å². The van der Waals surface area contributed by atoms with Crippen molar-refractivity contribution in [1.29, 1.82) is 0 Å². The van der Waals surface area contributed by atoms with E-state index in [4.69, 9.17) is 23.2 Å². The van der Waals surface area contributed by atoms with Crippen LogP contribution in [-0.4, -0.2) is 35.7 Å². The molecule has 15 heteroatoms. The Morgan fingerprint density at radius 1 is 0.673 bits per heavy atom. The first kappa shape index (κ1) is 37.1. The van der Waals surface area contributed by atoms with E-state index in [1.807, 2.05) is 36.4 Å². The number of benzene rings is 3. The molecule has 0 saturated carbocycles. The number of halogens is 4. The highest BCUT2D eigenvalue weighted by Gasteiger charge is 2.06. The highest BCUT2D eigenvalue weighted by atomic mass is 79.9. The molecule has 11 nitrogen and oxygen atoms in total. The van der Waals surface area contributed by atoms with Gasteiger partial charge in [-0.2, -0.15) is 15.3 Å². The molecule has 0 aliphatic rings. The van der Waals surface area contributed by atoms with Crippen LogP contribution < -0.4 is 22.0 Å². The normalized spacial score (nSPS) is 10.2. The van der Waals surface area contributed by atoms with E-state index < -0.39 is 0 Å². The van der Waals surface area contributed by atoms with Crippen molar-refractivity contribution in [3.05, 3.63) is 171 Å². The maximum atomic E-state index is 12.1. The first-order valence-corrected chi connectivity index (χ1v) is 16.7. The second-order valence-corrected chi connectivity index (χ2v) is 12.6. The molecule has 0 unspecified atom stereocenters. The second kappa shape index (κ2) is 18.2. The van der Waals surface area contributed by atoms with E-state index in [-0.39, 0.29) is 22.6 Å². The van der Waals surface area contributed by atoms with Gasteiger partial charge in [-0.05, 0) is 97.6 Å². The summed E-state index contributed by atoms with van der Waals surface area (Å²) in [6.45, 7) is 2.27. The number of anilines is 1. The lowest BCUT2D eigenvalue weighted by atomic mass is 10.1. The number of carbonyl (C=O) groups excluding carboxylic acids is 1. The predicted octanol–water partition coefficient (Wildman–Crippen LogP) is 6.81. The van der Waals surface area contributed by atoms with Crippen LogP contribution in [0, 0.1) is 0 Å². The van der Waals surface area contributed by atoms with Gasteiger partial charge in [0.15, 0.2) is 0 Å². The second-order valence-electron chi connectivity index (χ2n) is 10.1. The summed E-state index contributed by atoms with van der Waals surface area (Å²) in [6.07, 6.45) is 0. The Balaban J connectivity index is 0.000000191.